The van der Waals surface area contributed by atoms with E-state index in [1.54, 1.807) is 17.0 Å². The summed E-state index contributed by atoms with van der Waals surface area (Å²) in [7, 11) is 2.15. The molecule has 2 rings (SSSR count). The van der Waals surface area contributed by atoms with E-state index >= 15 is 0 Å². The molecule has 0 atom stereocenters. The van der Waals surface area contributed by atoms with Crippen LogP contribution in [0.2, 0.25) is 0 Å². The number of likely N-dealkylation sites (N-methyl/N-ethyl adjacent to an activating group) is 1. The molecule has 106 valence electrons. The van der Waals surface area contributed by atoms with Gasteiger partial charge in [0.2, 0.25) is 0 Å². The number of hydrogen-bond donors (Lipinski definition) is 1. The minimum Gasteiger partial charge on any atom is -0.364 e. The van der Waals surface area contributed by atoms with E-state index < -0.39 is 0 Å². The van der Waals surface area contributed by atoms with Gasteiger partial charge in [-0.3, -0.25) is 9.69 Å². The van der Waals surface area contributed by atoms with Gasteiger partial charge in [0.05, 0.1) is 0 Å². The van der Waals surface area contributed by atoms with Gasteiger partial charge in [0, 0.05) is 58.2 Å². The molecule has 1 aliphatic rings. The molecule has 0 bridgehead atoms. The van der Waals surface area contributed by atoms with Crippen LogP contribution in [0.4, 0.5) is 5.82 Å². The maximum atomic E-state index is 11.9. The maximum Gasteiger partial charge on any atom is 0.293 e. The molecule has 1 aromatic heterocycles. The van der Waals surface area contributed by atoms with E-state index in [0.29, 0.717) is 12.4 Å². The van der Waals surface area contributed by atoms with E-state index in [4.69, 9.17) is 0 Å². The van der Waals surface area contributed by atoms with Crippen molar-refractivity contribution in [3.8, 4) is 0 Å². The topological polar surface area (TPSA) is 53.4 Å². The molecule has 1 fully saturated rings. The second-order valence-corrected chi connectivity index (χ2v) is 4.94. The standard InChI is InChI=1S/C13H23N5O/c1-3-18-7-5-15-12(13(18)19)14-4-6-17-10-8-16(2)9-11-17/h5,7H,3-4,6,8-11H2,1-2H3,(H,14,15). The van der Waals surface area contributed by atoms with Crippen molar-refractivity contribution < 1.29 is 0 Å². The molecule has 2 heterocycles. The van der Waals surface area contributed by atoms with Crippen molar-refractivity contribution in [3.63, 3.8) is 0 Å². The average Bonchev–Trinajstić information content (AvgIpc) is 2.43. The van der Waals surface area contributed by atoms with Gasteiger partial charge in [-0.15, -0.1) is 0 Å². The normalized spacial score (nSPS) is 17.6. The summed E-state index contributed by atoms with van der Waals surface area (Å²) in [6, 6.07) is 0. The number of aromatic nitrogens is 2. The average molecular weight is 265 g/mol. The van der Waals surface area contributed by atoms with Crippen LogP contribution >= 0.6 is 0 Å². The molecule has 0 aliphatic carbocycles. The zero-order valence-electron chi connectivity index (χ0n) is 11.8. The number of anilines is 1. The molecular formula is C13H23N5O. The molecule has 1 N–H and O–H groups in total. The van der Waals surface area contributed by atoms with Crippen molar-refractivity contribution in [2.45, 2.75) is 13.5 Å². The Morgan fingerprint density at radius 3 is 2.74 bits per heavy atom. The highest BCUT2D eigenvalue weighted by Gasteiger charge is 2.13. The largest absolute Gasteiger partial charge is 0.364 e. The highest BCUT2D eigenvalue weighted by Crippen LogP contribution is 1.99. The number of piperazine rings is 1. The maximum absolute atomic E-state index is 11.9. The molecule has 1 aliphatic heterocycles. The number of nitrogens with one attached hydrogen (secondary N) is 1. The fourth-order valence-corrected chi connectivity index (χ4v) is 2.22. The van der Waals surface area contributed by atoms with Crippen LogP contribution in [-0.2, 0) is 6.54 Å². The van der Waals surface area contributed by atoms with Gasteiger partial charge in [0.15, 0.2) is 5.82 Å². The third-order valence-electron chi connectivity index (χ3n) is 3.57. The van der Waals surface area contributed by atoms with Crippen molar-refractivity contribution in [3.05, 3.63) is 22.7 Å². The van der Waals surface area contributed by atoms with Gasteiger partial charge in [0.25, 0.3) is 5.56 Å². The Kier molecular flexibility index (Phi) is 4.93. The first-order valence-corrected chi connectivity index (χ1v) is 6.91. The summed E-state index contributed by atoms with van der Waals surface area (Å²) in [5.41, 5.74) is -0.0385. The van der Waals surface area contributed by atoms with Gasteiger partial charge in [0.1, 0.15) is 0 Å². The van der Waals surface area contributed by atoms with Crippen molar-refractivity contribution in [1.29, 1.82) is 0 Å². The van der Waals surface area contributed by atoms with Crippen LogP contribution in [0.15, 0.2) is 17.2 Å². The van der Waals surface area contributed by atoms with Crippen LogP contribution < -0.4 is 10.9 Å². The van der Waals surface area contributed by atoms with Crippen molar-refractivity contribution in [1.82, 2.24) is 19.4 Å². The number of nitrogens with zero attached hydrogens (tertiary/aromatic N) is 4. The number of rotatable bonds is 5. The molecular weight excluding hydrogens is 242 g/mol. The molecule has 0 amide bonds. The van der Waals surface area contributed by atoms with Gasteiger partial charge < -0.3 is 14.8 Å². The number of hydrogen-bond acceptors (Lipinski definition) is 5. The monoisotopic (exact) mass is 265 g/mol. The molecule has 0 radical (unpaired) electrons. The SMILES string of the molecule is CCn1ccnc(NCCN2CCN(C)CC2)c1=O. The van der Waals surface area contributed by atoms with Gasteiger partial charge in [-0.2, -0.15) is 0 Å². The summed E-state index contributed by atoms with van der Waals surface area (Å²) in [5, 5.41) is 3.15. The van der Waals surface area contributed by atoms with Crippen LogP contribution in [0.1, 0.15) is 6.92 Å². The summed E-state index contributed by atoms with van der Waals surface area (Å²) < 4.78 is 1.66. The summed E-state index contributed by atoms with van der Waals surface area (Å²) in [5.74, 6) is 0.457. The highest BCUT2D eigenvalue weighted by molar-refractivity contribution is 5.30. The smallest absolute Gasteiger partial charge is 0.293 e. The van der Waals surface area contributed by atoms with Gasteiger partial charge >= 0.3 is 0 Å². The second-order valence-electron chi connectivity index (χ2n) is 4.94. The van der Waals surface area contributed by atoms with E-state index in [2.05, 4.69) is 27.1 Å². The molecule has 0 saturated carbocycles. The molecule has 6 heteroatoms. The Labute approximate surface area is 114 Å². The van der Waals surface area contributed by atoms with Crippen LogP contribution in [0.5, 0.6) is 0 Å². The zero-order chi connectivity index (χ0) is 13.7. The lowest BCUT2D eigenvalue weighted by atomic mass is 10.3. The van der Waals surface area contributed by atoms with E-state index in [1.165, 1.54) is 0 Å². The molecule has 6 nitrogen and oxygen atoms in total. The lowest BCUT2D eigenvalue weighted by molar-refractivity contribution is 0.158. The summed E-state index contributed by atoms with van der Waals surface area (Å²) >= 11 is 0. The lowest BCUT2D eigenvalue weighted by Crippen LogP contribution is -2.46. The van der Waals surface area contributed by atoms with Crippen molar-refractivity contribution >= 4 is 5.82 Å². The van der Waals surface area contributed by atoms with E-state index in [0.717, 1.165) is 39.3 Å². The molecule has 1 aromatic rings. The van der Waals surface area contributed by atoms with Crippen LogP contribution in [-0.4, -0.2) is 65.7 Å². The fraction of sp³-hybridized carbons (Fsp3) is 0.692. The van der Waals surface area contributed by atoms with Crippen LogP contribution in [0.25, 0.3) is 0 Å². The Bertz CT molecular complexity index is 451. The minimum absolute atomic E-state index is 0.0385. The predicted octanol–water partition coefficient (Wildman–Crippen LogP) is -0.0775. The zero-order valence-corrected chi connectivity index (χ0v) is 11.8. The Balaban J connectivity index is 1.81. The molecule has 0 aromatic carbocycles. The van der Waals surface area contributed by atoms with Gasteiger partial charge in [-0.1, -0.05) is 0 Å². The highest BCUT2D eigenvalue weighted by atomic mass is 16.1. The number of aryl methyl sites for hydroxylation is 1. The van der Waals surface area contributed by atoms with Crippen LogP contribution in [0.3, 0.4) is 0 Å². The second kappa shape index (κ2) is 6.68. The first kappa shape index (κ1) is 14.0. The Morgan fingerprint density at radius 1 is 1.32 bits per heavy atom. The molecule has 19 heavy (non-hydrogen) atoms. The van der Waals surface area contributed by atoms with E-state index in [1.807, 2.05) is 6.92 Å². The molecule has 1 saturated heterocycles. The molecule has 0 spiro atoms. The molecule has 0 unspecified atom stereocenters. The van der Waals surface area contributed by atoms with E-state index in [9.17, 15) is 4.79 Å². The third kappa shape index (κ3) is 3.78. The lowest BCUT2D eigenvalue weighted by Gasteiger charge is -2.32. The summed E-state index contributed by atoms with van der Waals surface area (Å²) in [6.45, 7) is 8.78. The first-order valence-electron chi connectivity index (χ1n) is 6.91. The first-order chi connectivity index (χ1) is 9.20. The summed E-state index contributed by atoms with van der Waals surface area (Å²) in [6.07, 6.45) is 3.39. The fourth-order valence-electron chi connectivity index (χ4n) is 2.22. The Hall–Kier alpha value is -1.40. The van der Waals surface area contributed by atoms with Crippen molar-refractivity contribution in [2.75, 3.05) is 51.6 Å². The Morgan fingerprint density at radius 2 is 2.05 bits per heavy atom. The van der Waals surface area contributed by atoms with Crippen molar-refractivity contribution in [2.24, 2.45) is 0 Å². The summed E-state index contributed by atoms with van der Waals surface area (Å²) in [4.78, 5) is 20.8. The minimum atomic E-state index is -0.0385. The quantitative estimate of drug-likeness (QED) is 0.807. The van der Waals surface area contributed by atoms with Crippen LogP contribution in [0, 0.1) is 0 Å². The van der Waals surface area contributed by atoms with Gasteiger partial charge in [-0.05, 0) is 14.0 Å². The third-order valence-corrected chi connectivity index (χ3v) is 3.57. The predicted molar refractivity (Wildman–Crippen MR) is 76.6 cm³/mol. The van der Waals surface area contributed by atoms with E-state index in [-0.39, 0.29) is 5.56 Å². The van der Waals surface area contributed by atoms with Gasteiger partial charge in [-0.25, -0.2) is 4.98 Å².